The number of pyridine rings is 1. The standard InChI is InChI=1S/C16H17N3O/c17-16(20)14-10-18-7-6-15(14)19-13-8-12(9-13)11-4-2-1-3-5-11/h1-7,10,12-13H,8-9H2,(H2,17,20)(H,18,19). The number of nitrogens with one attached hydrogen (secondary N) is 1. The lowest BCUT2D eigenvalue weighted by atomic mass is 9.76. The van der Waals surface area contributed by atoms with Crippen LogP contribution in [0.4, 0.5) is 5.69 Å². The van der Waals surface area contributed by atoms with Crippen molar-refractivity contribution in [2.24, 2.45) is 5.73 Å². The lowest BCUT2D eigenvalue weighted by Crippen LogP contribution is -2.34. The predicted octanol–water partition coefficient (Wildman–Crippen LogP) is 2.54. The molecular formula is C16H17N3O. The fourth-order valence-corrected chi connectivity index (χ4v) is 2.67. The molecule has 1 aliphatic carbocycles. The molecule has 1 aliphatic rings. The second-order valence-corrected chi connectivity index (χ2v) is 5.21. The van der Waals surface area contributed by atoms with E-state index >= 15 is 0 Å². The zero-order chi connectivity index (χ0) is 13.9. The second-order valence-electron chi connectivity index (χ2n) is 5.21. The van der Waals surface area contributed by atoms with Gasteiger partial charge in [0.15, 0.2) is 0 Å². The van der Waals surface area contributed by atoms with Crippen molar-refractivity contribution in [1.82, 2.24) is 4.98 Å². The highest BCUT2D eigenvalue weighted by atomic mass is 16.1. The first-order chi connectivity index (χ1) is 9.74. The van der Waals surface area contributed by atoms with Gasteiger partial charge in [0.2, 0.25) is 0 Å². The molecule has 1 heterocycles. The third-order valence-corrected chi connectivity index (χ3v) is 3.86. The quantitative estimate of drug-likeness (QED) is 0.894. The molecule has 20 heavy (non-hydrogen) atoms. The normalized spacial score (nSPS) is 21.0. The van der Waals surface area contributed by atoms with Crippen molar-refractivity contribution in [3.05, 3.63) is 59.9 Å². The Kier molecular flexibility index (Phi) is 3.37. The molecule has 0 radical (unpaired) electrons. The van der Waals surface area contributed by atoms with Crippen LogP contribution in [-0.4, -0.2) is 16.9 Å². The zero-order valence-electron chi connectivity index (χ0n) is 11.1. The topological polar surface area (TPSA) is 68.0 Å². The van der Waals surface area contributed by atoms with Crippen LogP contribution in [-0.2, 0) is 0 Å². The Morgan fingerprint density at radius 3 is 2.65 bits per heavy atom. The maximum absolute atomic E-state index is 11.3. The Bertz CT molecular complexity index is 606. The molecule has 1 aromatic heterocycles. The van der Waals surface area contributed by atoms with E-state index in [9.17, 15) is 4.79 Å². The van der Waals surface area contributed by atoms with Crippen LogP contribution in [0, 0.1) is 0 Å². The zero-order valence-corrected chi connectivity index (χ0v) is 11.1. The second kappa shape index (κ2) is 5.33. The number of nitrogens with two attached hydrogens (primary N) is 1. The van der Waals surface area contributed by atoms with E-state index < -0.39 is 5.91 Å². The third kappa shape index (κ3) is 2.50. The summed E-state index contributed by atoms with van der Waals surface area (Å²) in [5.41, 5.74) is 7.97. The highest BCUT2D eigenvalue weighted by molar-refractivity contribution is 5.98. The molecule has 0 unspecified atom stereocenters. The van der Waals surface area contributed by atoms with Gasteiger partial charge in [0.1, 0.15) is 0 Å². The van der Waals surface area contributed by atoms with E-state index in [1.807, 2.05) is 6.07 Å². The summed E-state index contributed by atoms with van der Waals surface area (Å²) in [6.07, 6.45) is 5.33. The Morgan fingerprint density at radius 1 is 1.20 bits per heavy atom. The number of aromatic nitrogens is 1. The number of rotatable bonds is 4. The summed E-state index contributed by atoms with van der Waals surface area (Å²) >= 11 is 0. The molecule has 4 heteroatoms. The van der Waals surface area contributed by atoms with Gasteiger partial charge in [0.25, 0.3) is 5.91 Å². The number of hydrogen-bond acceptors (Lipinski definition) is 3. The van der Waals surface area contributed by atoms with Crippen molar-refractivity contribution in [1.29, 1.82) is 0 Å². The number of hydrogen-bond donors (Lipinski definition) is 2. The molecule has 0 saturated heterocycles. The highest BCUT2D eigenvalue weighted by Gasteiger charge is 2.30. The molecule has 1 amide bonds. The van der Waals surface area contributed by atoms with Gasteiger partial charge in [-0.1, -0.05) is 30.3 Å². The Labute approximate surface area is 118 Å². The number of anilines is 1. The molecule has 0 aliphatic heterocycles. The molecule has 102 valence electrons. The lowest BCUT2D eigenvalue weighted by molar-refractivity contribution is 0.100. The minimum atomic E-state index is -0.445. The average Bonchev–Trinajstić information content (AvgIpc) is 2.43. The number of primary amides is 1. The summed E-state index contributed by atoms with van der Waals surface area (Å²) < 4.78 is 0. The predicted molar refractivity (Wildman–Crippen MR) is 78.6 cm³/mol. The van der Waals surface area contributed by atoms with Crippen LogP contribution in [0.1, 0.15) is 34.7 Å². The fraction of sp³-hybridized carbons (Fsp3) is 0.250. The molecule has 3 N–H and O–H groups in total. The minimum absolute atomic E-state index is 0.390. The average molecular weight is 267 g/mol. The number of nitrogens with zero attached hydrogens (tertiary/aromatic N) is 1. The van der Waals surface area contributed by atoms with Crippen LogP contribution < -0.4 is 11.1 Å². The first kappa shape index (κ1) is 12.7. The van der Waals surface area contributed by atoms with E-state index in [2.05, 4.69) is 34.6 Å². The van der Waals surface area contributed by atoms with Crippen LogP contribution in [0.5, 0.6) is 0 Å². The van der Waals surface area contributed by atoms with Gasteiger partial charge in [-0.2, -0.15) is 0 Å². The SMILES string of the molecule is NC(=O)c1cnccc1NC1CC(c2ccccc2)C1. The molecule has 1 saturated carbocycles. The summed E-state index contributed by atoms with van der Waals surface area (Å²) in [4.78, 5) is 15.3. The monoisotopic (exact) mass is 267 g/mol. The number of benzene rings is 1. The van der Waals surface area contributed by atoms with E-state index in [1.54, 1.807) is 12.3 Å². The molecule has 4 nitrogen and oxygen atoms in total. The van der Waals surface area contributed by atoms with Crippen LogP contribution in [0.2, 0.25) is 0 Å². The third-order valence-electron chi connectivity index (χ3n) is 3.86. The van der Waals surface area contributed by atoms with Crippen LogP contribution in [0.3, 0.4) is 0 Å². The minimum Gasteiger partial charge on any atom is -0.382 e. The smallest absolute Gasteiger partial charge is 0.252 e. The van der Waals surface area contributed by atoms with Crippen molar-refractivity contribution in [3.63, 3.8) is 0 Å². The Balaban J connectivity index is 1.63. The van der Waals surface area contributed by atoms with Gasteiger partial charge in [0, 0.05) is 18.4 Å². The molecule has 1 aromatic carbocycles. The molecule has 2 aromatic rings. The van der Waals surface area contributed by atoms with Gasteiger partial charge in [-0.25, -0.2) is 0 Å². The van der Waals surface area contributed by atoms with Crippen molar-refractivity contribution in [2.45, 2.75) is 24.8 Å². The summed E-state index contributed by atoms with van der Waals surface area (Å²) in [5.74, 6) is 0.159. The van der Waals surface area contributed by atoms with Crippen LogP contribution in [0.25, 0.3) is 0 Å². The van der Waals surface area contributed by atoms with Gasteiger partial charge in [-0.3, -0.25) is 9.78 Å². The Hall–Kier alpha value is -2.36. The lowest BCUT2D eigenvalue weighted by Gasteiger charge is -2.37. The van der Waals surface area contributed by atoms with E-state index in [0.29, 0.717) is 17.5 Å². The summed E-state index contributed by atoms with van der Waals surface area (Å²) in [7, 11) is 0. The summed E-state index contributed by atoms with van der Waals surface area (Å²) in [5, 5.41) is 3.39. The van der Waals surface area contributed by atoms with E-state index in [0.717, 1.165) is 18.5 Å². The van der Waals surface area contributed by atoms with Crippen molar-refractivity contribution < 1.29 is 4.79 Å². The van der Waals surface area contributed by atoms with E-state index in [1.165, 1.54) is 11.8 Å². The van der Waals surface area contributed by atoms with E-state index in [-0.39, 0.29) is 0 Å². The fourth-order valence-electron chi connectivity index (χ4n) is 2.67. The van der Waals surface area contributed by atoms with Crippen molar-refractivity contribution in [2.75, 3.05) is 5.32 Å². The summed E-state index contributed by atoms with van der Waals surface area (Å²) in [6, 6.07) is 12.7. The van der Waals surface area contributed by atoms with Crippen LogP contribution in [0.15, 0.2) is 48.8 Å². The first-order valence-electron chi connectivity index (χ1n) is 6.79. The Morgan fingerprint density at radius 2 is 1.95 bits per heavy atom. The van der Waals surface area contributed by atoms with Crippen LogP contribution >= 0.6 is 0 Å². The maximum atomic E-state index is 11.3. The van der Waals surface area contributed by atoms with Crippen molar-refractivity contribution in [3.8, 4) is 0 Å². The van der Waals surface area contributed by atoms with Crippen molar-refractivity contribution >= 4 is 11.6 Å². The summed E-state index contributed by atoms with van der Waals surface area (Å²) in [6.45, 7) is 0. The highest BCUT2D eigenvalue weighted by Crippen LogP contribution is 2.38. The number of carbonyl (C=O) groups excluding carboxylic acids is 1. The van der Waals surface area contributed by atoms with Gasteiger partial charge in [-0.05, 0) is 30.4 Å². The molecule has 1 fully saturated rings. The molecule has 3 rings (SSSR count). The number of carbonyl (C=O) groups is 1. The first-order valence-corrected chi connectivity index (χ1v) is 6.79. The van der Waals surface area contributed by atoms with Gasteiger partial charge in [0.05, 0.1) is 11.3 Å². The van der Waals surface area contributed by atoms with Gasteiger partial charge >= 0.3 is 0 Å². The largest absolute Gasteiger partial charge is 0.382 e. The molecule has 0 bridgehead atoms. The van der Waals surface area contributed by atoms with Gasteiger partial charge in [-0.15, -0.1) is 0 Å². The molecule has 0 spiro atoms. The molecular weight excluding hydrogens is 250 g/mol. The molecule has 0 atom stereocenters. The maximum Gasteiger partial charge on any atom is 0.252 e. The number of amides is 1. The van der Waals surface area contributed by atoms with E-state index in [4.69, 9.17) is 5.73 Å². The van der Waals surface area contributed by atoms with Gasteiger partial charge < -0.3 is 11.1 Å².